The minimum Gasteiger partial charge on any atom is -0.356 e. The molecule has 1 unspecified atom stereocenters. The average molecular weight is 311 g/mol. The Morgan fingerprint density at radius 1 is 1.33 bits per heavy atom. The van der Waals surface area contributed by atoms with Crippen LogP contribution in [0.5, 0.6) is 0 Å². The quantitative estimate of drug-likeness (QED) is 0.619. The van der Waals surface area contributed by atoms with Crippen molar-refractivity contribution in [3.8, 4) is 0 Å². The van der Waals surface area contributed by atoms with E-state index in [1.54, 1.807) is 14.2 Å². The number of benzene rings is 1. The summed E-state index contributed by atoms with van der Waals surface area (Å²) in [6.07, 6.45) is 2.56. The van der Waals surface area contributed by atoms with Crippen LogP contribution in [0.4, 0.5) is 0 Å². The molecule has 0 saturated carbocycles. The van der Waals surface area contributed by atoms with E-state index in [0.717, 1.165) is 35.6 Å². The first-order chi connectivity index (χ1) is 10.1. The Balaban J connectivity index is 2.36. The first kappa shape index (κ1) is 16.3. The van der Waals surface area contributed by atoms with E-state index in [0.29, 0.717) is 5.92 Å². The predicted molar refractivity (Wildman–Crippen MR) is 85.9 cm³/mol. The normalized spacial score (nSPS) is 19.9. The van der Waals surface area contributed by atoms with E-state index in [9.17, 15) is 0 Å². The lowest BCUT2D eigenvalue weighted by Crippen LogP contribution is -2.30. The number of rotatable bonds is 5. The molecule has 5 heteroatoms. The van der Waals surface area contributed by atoms with Crippen molar-refractivity contribution in [2.45, 2.75) is 25.6 Å². The van der Waals surface area contributed by atoms with Crippen molar-refractivity contribution in [1.29, 1.82) is 0 Å². The molecule has 0 saturated heterocycles. The highest BCUT2D eigenvalue weighted by molar-refractivity contribution is 6.32. The van der Waals surface area contributed by atoms with Gasteiger partial charge in [0.15, 0.2) is 6.29 Å². The number of hydrogen-bond donors (Lipinski definition) is 0. The second-order valence-corrected chi connectivity index (χ2v) is 5.88. The molecule has 1 aromatic carbocycles. The van der Waals surface area contributed by atoms with Crippen LogP contribution in [0, 0.1) is 5.92 Å². The molecule has 2 rings (SSSR count). The van der Waals surface area contributed by atoms with Gasteiger partial charge in [-0.25, -0.2) is 0 Å². The number of hydrogen-bond acceptors (Lipinski definition) is 4. The van der Waals surface area contributed by atoms with Crippen LogP contribution in [0.25, 0.3) is 0 Å². The molecule has 1 aliphatic rings. The SMILES string of the molecule is COC(CC1CCc2c(Cl)cccc2C1=NN(C)C)OC. The van der Waals surface area contributed by atoms with Gasteiger partial charge < -0.3 is 14.5 Å². The maximum Gasteiger partial charge on any atom is 0.157 e. The lowest BCUT2D eigenvalue weighted by atomic mass is 9.80. The topological polar surface area (TPSA) is 34.1 Å². The third kappa shape index (κ3) is 3.76. The van der Waals surface area contributed by atoms with Crippen LogP contribution in [-0.2, 0) is 15.9 Å². The average Bonchev–Trinajstić information content (AvgIpc) is 2.46. The fourth-order valence-electron chi connectivity index (χ4n) is 2.83. The molecular formula is C16H23ClN2O2. The molecule has 1 aromatic rings. The van der Waals surface area contributed by atoms with Gasteiger partial charge in [-0.3, -0.25) is 0 Å². The second kappa shape index (κ2) is 7.25. The zero-order chi connectivity index (χ0) is 15.4. The van der Waals surface area contributed by atoms with Gasteiger partial charge in [-0.15, -0.1) is 0 Å². The van der Waals surface area contributed by atoms with Crippen molar-refractivity contribution < 1.29 is 9.47 Å². The zero-order valence-corrected chi connectivity index (χ0v) is 13.9. The van der Waals surface area contributed by atoms with Crippen molar-refractivity contribution in [3.63, 3.8) is 0 Å². The van der Waals surface area contributed by atoms with Gasteiger partial charge in [-0.05, 0) is 24.5 Å². The van der Waals surface area contributed by atoms with E-state index < -0.39 is 0 Å². The summed E-state index contributed by atoms with van der Waals surface area (Å²) in [7, 11) is 7.22. The maximum absolute atomic E-state index is 6.33. The van der Waals surface area contributed by atoms with Gasteiger partial charge in [0.05, 0.1) is 5.71 Å². The van der Waals surface area contributed by atoms with Gasteiger partial charge in [0.25, 0.3) is 0 Å². The predicted octanol–water partition coefficient (Wildman–Crippen LogP) is 3.18. The Labute approximate surface area is 131 Å². The Hall–Kier alpha value is -1.10. The van der Waals surface area contributed by atoms with Crippen molar-refractivity contribution >= 4 is 17.3 Å². The zero-order valence-electron chi connectivity index (χ0n) is 13.1. The standard InChI is InChI=1S/C16H23ClN2O2/c1-19(2)18-16-11(10-15(20-3)21-4)8-9-12-13(16)6-5-7-14(12)17/h5-7,11,15H,8-10H2,1-4H3. The summed E-state index contributed by atoms with van der Waals surface area (Å²) in [6.45, 7) is 0. The lowest BCUT2D eigenvalue weighted by Gasteiger charge is -2.30. The van der Waals surface area contributed by atoms with Gasteiger partial charge in [-0.1, -0.05) is 23.7 Å². The smallest absolute Gasteiger partial charge is 0.157 e. The minimum atomic E-state index is -0.205. The summed E-state index contributed by atoms with van der Waals surface area (Å²) in [5, 5.41) is 7.37. The first-order valence-corrected chi connectivity index (χ1v) is 7.53. The van der Waals surface area contributed by atoms with E-state index in [4.69, 9.17) is 26.2 Å². The third-order valence-corrected chi connectivity index (χ3v) is 4.19. The third-order valence-electron chi connectivity index (χ3n) is 3.83. The maximum atomic E-state index is 6.33. The van der Waals surface area contributed by atoms with Crippen molar-refractivity contribution in [2.24, 2.45) is 11.0 Å². The fourth-order valence-corrected chi connectivity index (χ4v) is 3.10. The number of fused-ring (bicyclic) bond motifs is 1. The highest BCUT2D eigenvalue weighted by Gasteiger charge is 2.29. The van der Waals surface area contributed by atoms with E-state index in [1.165, 1.54) is 5.56 Å². The van der Waals surface area contributed by atoms with Crippen molar-refractivity contribution in [3.05, 3.63) is 34.3 Å². The number of nitrogens with zero attached hydrogens (tertiary/aromatic N) is 2. The van der Waals surface area contributed by atoms with Crippen LogP contribution in [0.2, 0.25) is 5.02 Å². The molecule has 0 heterocycles. The summed E-state index contributed by atoms with van der Waals surface area (Å²) in [5.74, 6) is 0.309. The summed E-state index contributed by atoms with van der Waals surface area (Å²) >= 11 is 6.33. The number of hydrazone groups is 1. The Kier molecular flexibility index (Phi) is 5.62. The number of methoxy groups -OCH3 is 2. The van der Waals surface area contributed by atoms with Crippen molar-refractivity contribution in [1.82, 2.24) is 5.01 Å². The molecule has 0 radical (unpaired) electrons. The van der Waals surface area contributed by atoms with Gasteiger partial charge >= 0.3 is 0 Å². The number of ether oxygens (including phenoxy) is 2. The van der Waals surface area contributed by atoms with E-state index in [1.807, 2.05) is 31.2 Å². The molecule has 1 atom stereocenters. The molecule has 0 N–H and O–H groups in total. The molecule has 0 spiro atoms. The van der Waals surface area contributed by atoms with E-state index >= 15 is 0 Å². The minimum absolute atomic E-state index is 0.205. The first-order valence-electron chi connectivity index (χ1n) is 7.16. The van der Waals surface area contributed by atoms with E-state index in [2.05, 4.69) is 6.07 Å². The second-order valence-electron chi connectivity index (χ2n) is 5.47. The summed E-state index contributed by atoms with van der Waals surface area (Å²) in [5.41, 5.74) is 3.42. The monoisotopic (exact) mass is 310 g/mol. The largest absolute Gasteiger partial charge is 0.356 e. The lowest BCUT2D eigenvalue weighted by molar-refractivity contribution is -0.110. The molecule has 21 heavy (non-hydrogen) atoms. The van der Waals surface area contributed by atoms with Crippen LogP contribution in [-0.4, -0.2) is 45.3 Å². The molecule has 116 valence electrons. The van der Waals surface area contributed by atoms with Crippen LogP contribution in [0.3, 0.4) is 0 Å². The van der Waals surface area contributed by atoms with Crippen LogP contribution in [0.1, 0.15) is 24.0 Å². The summed E-state index contributed by atoms with van der Waals surface area (Å²) < 4.78 is 10.7. The Morgan fingerprint density at radius 3 is 2.67 bits per heavy atom. The van der Waals surface area contributed by atoms with Crippen molar-refractivity contribution in [2.75, 3.05) is 28.3 Å². The fraction of sp³-hybridized carbons (Fsp3) is 0.562. The molecule has 1 aliphatic carbocycles. The van der Waals surface area contributed by atoms with Gasteiger partial charge in [0, 0.05) is 51.2 Å². The number of halogens is 1. The van der Waals surface area contributed by atoms with Crippen LogP contribution < -0.4 is 0 Å². The van der Waals surface area contributed by atoms with Crippen LogP contribution in [0.15, 0.2) is 23.3 Å². The highest BCUT2D eigenvalue weighted by Crippen LogP contribution is 2.33. The Morgan fingerprint density at radius 2 is 2.05 bits per heavy atom. The van der Waals surface area contributed by atoms with Crippen LogP contribution >= 0.6 is 11.6 Å². The molecule has 0 aliphatic heterocycles. The summed E-state index contributed by atoms with van der Waals surface area (Å²) in [4.78, 5) is 0. The highest BCUT2D eigenvalue weighted by atomic mass is 35.5. The Bertz CT molecular complexity index is 513. The molecule has 0 fully saturated rings. The molecule has 0 amide bonds. The molecule has 4 nitrogen and oxygen atoms in total. The van der Waals surface area contributed by atoms with E-state index in [-0.39, 0.29) is 6.29 Å². The molecule has 0 bridgehead atoms. The van der Waals surface area contributed by atoms with Gasteiger partial charge in [-0.2, -0.15) is 5.10 Å². The summed E-state index contributed by atoms with van der Waals surface area (Å²) in [6, 6.07) is 6.03. The van der Waals surface area contributed by atoms with Gasteiger partial charge in [0.2, 0.25) is 0 Å². The molecule has 0 aromatic heterocycles. The van der Waals surface area contributed by atoms with Gasteiger partial charge in [0.1, 0.15) is 0 Å². The molecular weight excluding hydrogens is 288 g/mol.